The molecule has 0 aliphatic carbocycles. The number of carbonyl (C=O) groups is 1. The van der Waals surface area contributed by atoms with Crippen molar-refractivity contribution in [2.75, 3.05) is 0 Å². The van der Waals surface area contributed by atoms with Crippen LogP contribution in [0.25, 0.3) is 0 Å². The summed E-state index contributed by atoms with van der Waals surface area (Å²) in [6, 6.07) is 7.37. The average molecular weight is 385 g/mol. The van der Waals surface area contributed by atoms with Gasteiger partial charge in [0.2, 0.25) is 0 Å². The number of carbonyl (C=O) groups excluding carboxylic acids is 1. The van der Waals surface area contributed by atoms with Gasteiger partial charge >= 0.3 is 6.36 Å². The van der Waals surface area contributed by atoms with Gasteiger partial charge in [0.25, 0.3) is 17.3 Å². The zero-order chi connectivity index (χ0) is 20.2. The van der Waals surface area contributed by atoms with Crippen molar-refractivity contribution in [1.29, 1.82) is 0 Å². The van der Waals surface area contributed by atoms with Crippen LogP contribution in [0.3, 0.4) is 0 Å². The Bertz CT molecular complexity index is 868. The SMILES string of the molecule is O=C(NCc1ccccc1OC(F)(F)F)c1cc([N+](=O)[O-])cc([N+](=O)[O-])c1. The van der Waals surface area contributed by atoms with E-state index < -0.39 is 45.8 Å². The van der Waals surface area contributed by atoms with Crippen molar-refractivity contribution in [1.82, 2.24) is 5.32 Å². The molecule has 9 nitrogen and oxygen atoms in total. The number of nitrogens with one attached hydrogen (secondary N) is 1. The largest absolute Gasteiger partial charge is 0.573 e. The molecule has 142 valence electrons. The summed E-state index contributed by atoms with van der Waals surface area (Å²) in [4.78, 5) is 32.0. The highest BCUT2D eigenvalue weighted by Crippen LogP contribution is 2.26. The van der Waals surface area contributed by atoms with E-state index >= 15 is 0 Å². The molecule has 0 saturated carbocycles. The number of hydrogen-bond acceptors (Lipinski definition) is 6. The second-order valence-corrected chi connectivity index (χ2v) is 5.09. The summed E-state index contributed by atoms with van der Waals surface area (Å²) in [6.07, 6.45) is -4.93. The number of amides is 1. The maximum absolute atomic E-state index is 12.4. The molecule has 12 heteroatoms. The van der Waals surface area contributed by atoms with Crippen molar-refractivity contribution in [3.8, 4) is 5.75 Å². The van der Waals surface area contributed by atoms with E-state index in [1.165, 1.54) is 18.2 Å². The smallest absolute Gasteiger partial charge is 0.405 e. The number of non-ortho nitro benzene ring substituents is 2. The lowest BCUT2D eigenvalue weighted by Crippen LogP contribution is -2.24. The van der Waals surface area contributed by atoms with Crippen LogP contribution in [0.1, 0.15) is 15.9 Å². The Hall–Kier alpha value is -3.70. The van der Waals surface area contributed by atoms with Crippen LogP contribution in [-0.4, -0.2) is 22.1 Å². The number of ether oxygens (including phenoxy) is 1. The molecule has 1 amide bonds. The average Bonchev–Trinajstić information content (AvgIpc) is 2.58. The molecule has 0 unspecified atom stereocenters. The van der Waals surface area contributed by atoms with Crippen molar-refractivity contribution in [2.45, 2.75) is 12.9 Å². The van der Waals surface area contributed by atoms with Gasteiger partial charge in [-0.3, -0.25) is 25.0 Å². The molecule has 0 heterocycles. The molecule has 0 spiro atoms. The van der Waals surface area contributed by atoms with Crippen LogP contribution in [0.5, 0.6) is 5.75 Å². The van der Waals surface area contributed by atoms with Crippen molar-refractivity contribution >= 4 is 17.3 Å². The van der Waals surface area contributed by atoms with Crippen LogP contribution < -0.4 is 10.1 Å². The van der Waals surface area contributed by atoms with Gasteiger partial charge in [0.05, 0.1) is 21.5 Å². The van der Waals surface area contributed by atoms with Gasteiger partial charge in [-0.2, -0.15) is 0 Å². The first-order valence-corrected chi connectivity index (χ1v) is 7.12. The number of para-hydroxylation sites is 1. The quantitative estimate of drug-likeness (QED) is 0.601. The summed E-state index contributed by atoms with van der Waals surface area (Å²) >= 11 is 0. The molecule has 0 radical (unpaired) electrons. The van der Waals surface area contributed by atoms with Crippen molar-refractivity contribution in [3.05, 3.63) is 73.8 Å². The van der Waals surface area contributed by atoms with Crippen LogP contribution in [-0.2, 0) is 6.54 Å². The zero-order valence-electron chi connectivity index (χ0n) is 13.2. The lowest BCUT2D eigenvalue weighted by molar-refractivity contribution is -0.394. The fourth-order valence-electron chi connectivity index (χ4n) is 2.09. The van der Waals surface area contributed by atoms with Crippen LogP contribution in [0.15, 0.2) is 42.5 Å². The number of rotatable bonds is 6. The molecule has 2 aromatic rings. The maximum Gasteiger partial charge on any atom is 0.573 e. The number of alkyl halides is 3. The van der Waals surface area contributed by atoms with E-state index in [2.05, 4.69) is 10.1 Å². The van der Waals surface area contributed by atoms with Crippen molar-refractivity contribution in [2.24, 2.45) is 0 Å². The van der Waals surface area contributed by atoms with E-state index in [0.717, 1.165) is 18.2 Å². The molecule has 0 aliphatic heterocycles. The summed E-state index contributed by atoms with van der Waals surface area (Å²) in [5, 5.41) is 23.9. The van der Waals surface area contributed by atoms with E-state index in [-0.39, 0.29) is 11.1 Å². The predicted octanol–water partition coefficient (Wildman–Crippen LogP) is 3.33. The van der Waals surface area contributed by atoms with Crippen LogP contribution >= 0.6 is 0 Å². The van der Waals surface area contributed by atoms with Crippen molar-refractivity contribution in [3.63, 3.8) is 0 Å². The van der Waals surface area contributed by atoms with Gasteiger partial charge in [-0.1, -0.05) is 18.2 Å². The molecular formula is C15H10F3N3O6. The highest BCUT2D eigenvalue weighted by Gasteiger charge is 2.32. The lowest BCUT2D eigenvalue weighted by Gasteiger charge is -2.13. The Labute approximate surface area is 148 Å². The molecule has 0 aliphatic rings. The van der Waals surface area contributed by atoms with E-state index in [4.69, 9.17) is 0 Å². The lowest BCUT2D eigenvalue weighted by atomic mass is 10.1. The monoisotopic (exact) mass is 385 g/mol. The normalized spacial score (nSPS) is 10.9. The minimum absolute atomic E-state index is 0.0110. The highest BCUT2D eigenvalue weighted by atomic mass is 19.4. The number of benzene rings is 2. The summed E-state index contributed by atoms with van der Waals surface area (Å²) in [5.41, 5.74) is -1.74. The van der Waals surface area contributed by atoms with Gasteiger partial charge in [-0.25, -0.2) is 0 Å². The second kappa shape index (κ2) is 7.68. The van der Waals surface area contributed by atoms with Gasteiger partial charge in [0.15, 0.2) is 0 Å². The predicted molar refractivity (Wildman–Crippen MR) is 84.0 cm³/mol. The Kier molecular flexibility index (Phi) is 5.58. The standard InChI is InChI=1S/C15H10F3N3O6/c16-15(17,18)27-13-4-2-1-3-9(13)8-19-14(22)10-5-11(20(23)24)7-12(6-10)21(25)26/h1-7H,8H2,(H,19,22). The summed E-state index contributed by atoms with van der Waals surface area (Å²) in [6.45, 7) is -0.401. The zero-order valence-corrected chi connectivity index (χ0v) is 13.2. The molecule has 2 rings (SSSR count). The molecule has 27 heavy (non-hydrogen) atoms. The third kappa shape index (κ3) is 5.39. The van der Waals surface area contributed by atoms with Gasteiger partial charge in [-0.15, -0.1) is 13.2 Å². The molecular weight excluding hydrogens is 375 g/mol. The fourth-order valence-corrected chi connectivity index (χ4v) is 2.09. The molecule has 0 atom stereocenters. The molecule has 0 aromatic heterocycles. The van der Waals surface area contributed by atoms with E-state index in [1.54, 1.807) is 0 Å². The highest BCUT2D eigenvalue weighted by molar-refractivity contribution is 5.95. The van der Waals surface area contributed by atoms with Crippen LogP contribution in [0, 0.1) is 20.2 Å². The molecule has 2 aromatic carbocycles. The van der Waals surface area contributed by atoms with Crippen molar-refractivity contribution < 1.29 is 32.5 Å². The molecule has 1 N–H and O–H groups in total. The molecule has 0 fully saturated rings. The minimum atomic E-state index is -4.93. The minimum Gasteiger partial charge on any atom is -0.405 e. The third-order valence-electron chi connectivity index (χ3n) is 3.22. The van der Waals surface area contributed by atoms with Gasteiger partial charge in [0.1, 0.15) is 5.75 Å². The summed E-state index contributed by atoms with van der Waals surface area (Å²) in [7, 11) is 0. The first kappa shape index (κ1) is 19.6. The number of nitro benzene ring substituents is 2. The van der Waals surface area contributed by atoms with Gasteiger partial charge < -0.3 is 10.1 Å². The number of nitro groups is 2. The fraction of sp³-hybridized carbons (Fsp3) is 0.133. The molecule has 0 bridgehead atoms. The maximum atomic E-state index is 12.4. The van der Waals surface area contributed by atoms with Gasteiger partial charge in [-0.05, 0) is 6.07 Å². The van der Waals surface area contributed by atoms with E-state index in [0.29, 0.717) is 6.07 Å². The summed E-state index contributed by atoms with van der Waals surface area (Å²) in [5.74, 6) is -1.47. The topological polar surface area (TPSA) is 125 Å². The molecule has 0 saturated heterocycles. The summed E-state index contributed by atoms with van der Waals surface area (Å²) < 4.78 is 41.0. The Morgan fingerprint density at radius 1 is 1.04 bits per heavy atom. The van der Waals surface area contributed by atoms with Crippen LogP contribution in [0.2, 0.25) is 0 Å². The van der Waals surface area contributed by atoms with E-state index in [1.807, 2.05) is 0 Å². The second-order valence-electron chi connectivity index (χ2n) is 5.09. The third-order valence-corrected chi connectivity index (χ3v) is 3.22. The first-order valence-electron chi connectivity index (χ1n) is 7.12. The Morgan fingerprint density at radius 2 is 1.59 bits per heavy atom. The van der Waals surface area contributed by atoms with Gasteiger partial charge in [0, 0.05) is 24.2 Å². The van der Waals surface area contributed by atoms with E-state index in [9.17, 15) is 38.2 Å². The Balaban J connectivity index is 2.22. The number of hydrogen-bond donors (Lipinski definition) is 1. The first-order chi connectivity index (χ1) is 12.6. The Morgan fingerprint density at radius 3 is 2.11 bits per heavy atom. The number of halogens is 3. The van der Waals surface area contributed by atoms with Crippen LogP contribution in [0.4, 0.5) is 24.5 Å². The number of nitrogens with zero attached hydrogens (tertiary/aromatic N) is 2.